The van der Waals surface area contributed by atoms with Crippen molar-refractivity contribution in [1.29, 1.82) is 0 Å². The van der Waals surface area contributed by atoms with Crippen molar-refractivity contribution < 1.29 is 18.6 Å². The van der Waals surface area contributed by atoms with Gasteiger partial charge in [-0.25, -0.2) is 18.4 Å². The molecule has 0 saturated heterocycles. The number of aromatic nitrogens is 4. The van der Waals surface area contributed by atoms with Crippen molar-refractivity contribution in [2.75, 3.05) is 16.4 Å². The van der Waals surface area contributed by atoms with E-state index in [9.17, 15) is 18.6 Å². The lowest BCUT2D eigenvalue weighted by atomic mass is 9.93. The van der Waals surface area contributed by atoms with Crippen LogP contribution >= 0.6 is 11.3 Å². The fraction of sp³-hybridized carbons (Fsp3) is 0.467. The first-order valence-electron chi connectivity index (χ1n) is 14.6. The lowest BCUT2D eigenvalue weighted by molar-refractivity contribution is -0.0442. The fourth-order valence-corrected chi connectivity index (χ4v) is 8.72. The van der Waals surface area contributed by atoms with E-state index in [4.69, 9.17) is 15.0 Å². The van der Waals surface area contributed by atoms with Gasteiger partial charge in [0.2, 0.25) is 5.95 Å². The summed E-state index contributed by atoms with van der Waals surface area (Å²) in [6.45, 7) is 1.89. The van der Waals surface area contributed by atoms with E-state index >= 15 is 0 Å². The average Bonchev–Trinajstić information content (AvgIpc) is 3.65. The zero-order valence-corrected chi connectivity index (χ0v) is 25.0. The first-order chi connectivity index (χ1) is 20.2. The molecule has 3 fully saturated rings. The van der Waals surface area contributed by atoms with E-state index < -0.39 is 27.6 Å². The second-order valence-corrected chi connectivity index (χ2v) is 14.9. The Balaban J connectivity index is 1.23. The molecule has 12 heteroatoms. The number of fused-ring (bicyclic) bond motifs is 1. The fourth-order valence-electron chi connectivity index (χ4n) is 5.98. The molecule has 220 valence electrons. The number of pyridine rings is 1. The third kappa shape index (κ3) is 5.14. The number of aliphatic hydroxyl groups excluding tert-OH is 1. The van der Waals surface area contributed by atoms with Gasteiger partial charge >= 0.3 is 0 Å². The van der Waals surface area contributed by atoms with Crippen molar-refractivity contribution in [3.63, 3.8) is 0 Å². The minimum Gasteiger partial charge on any atom is -0.388 e. The van der Waals surface area contributed by atoms with Gasteiger partial charge in [0.25, 0.3) is 0 Å². The summed E-state index contributed by atoms with van der Waals surface area (Å²) in [7, 11) is -3.64. The van der Waals surface area contributed by atoms with Crippen LogP contribution in [0.1, 0.15) is 62.3 Å². The van der Waals surface area contributed by atoms with Crippen molar-refractivity contribution in [3.8, 4) is 10.6 Å². The molecule has 0 aliphatic heterocycles. The van der Waals surface area contributed by atoms with E-state index in [1.165, 1.54) is 11.3 Å². The van der Waals surface area contributed by atoms with Crippen LogP contribution in [0.5, 0.6) is 0 Å². The molecule has 3 heterocycles. The zero-order valence-electron chi connectivity index (χ0n) is 23.3. The smallest absolute Gasteiger partial charge is 0.225 e. The van der Waals surface area contributed by atoms with Gasteiger partial charge in [0.05, 0.1) is 32.3 Å². The second kappa shape index (κ2) is 10.5. The third-order valence-corrected chi connectivity index (χ3v) is 11.6. The number of benzene rings is 1. The Labute approximate surface area is 248 Å². The van der Waals surface area contributed by atoms with Gasteiger partial charge in [-0.1, -0.05) is 18.2 Å². The normalized spacial score (nSPS) is 24.5. The van der Waals surface area contributed by atoms with Crippen LogP contribution in [0, 0.1) is 12.8 Å². The van der Waals surface area contributed by atoms with Gasteiger partial charge in [-0.2, -0.15) is 4.98 Å². The monoisotopic (exact) mass is 606 g/mol. The van der Waals surface area contributed by atoms with Gasteiger partial charge < -0.3 is 20.8 Å². The summed E-state index contributed by atoms with van der Waals surface area (Å²) in [6, 6.07) is 10.5. The molecule has 3 saturated carbocycles. The Hall–Kier alpha value is -3.19. The minimum absolute atomic E-state index is 0.159. The molecule has 3 atom stereocenters. The highest BCUT2D eigenvalue weighted by Gasteiger charge is 2.49. The van der Waals surface area contributed by atoms with Crippen LogP contribution in [-0.4, -0.2) is 62.2 Å². The molecule has 4 aromatic rings. The number of thiazole rings is 1. The maximum absolute atomic E-state index is 13.1. The number of anilines is 2. The van der Waals surface area contributed by atoms with Gasteiger partial charge in [-0.3, -0.25) is 4.98 Å². The van der Waals surface area contributed by atoms with Crippen LogP contribution in [0.3, 0.4) is 0 Å². The quantitative estimate of drug-likeness (QED) is 0.198. The predicted molar refractivity (Wildman–Crippen MR) is 162 cm³/mol. The second-order valence-electron chi connectivity index (χ2n) is 11.9. The molecule has 7 rings (SSSR count). The average molecular weight is 607 g/mol. The summed E-state index contributed by atoms with van der Waals surface area (Å²) in [6.07, 6.45) is 6.46. The summed E-state index contributed by atoms with van der Waals surface area (Å²) in [4.78, 5) is 19.3. The molecule has 3 aromatic heterocycles. The first kappa shape index (κ1) is 27.6. The predicted octanol–water partition coefficient (Wildman–Crippen LogP) is 4.64. The van der Waals surface area contributed by atoms with E-state index in [0.717, 1.165) is 48.0 Å². The maximum Gasteiger partial charge on any atom is 0.225 e. The Morgan fingerprint density at radius 3 is 2.55 bits per heavy atom. The minimum atomic E-state index is -3.64. The van der Waals surface area contributed by atoms with Crippen molar-refractivity contribution in [1.82, 2.24) is 19.9 Å². The lowest BCUT2D eigenvalue weighted by Crippen LogP contribution is -2.48. The van der Waals surface area contributed by atoms with Crippen molar-refractivity contribution in [3.05, 3.63) is 54.0 Å². The molecule has 1 aromatic carbocycles. The highest BCUT2D eigenvalue weighted by Crippen LogP contribution is 2.45. The summed E-state index contributed by atoms with van der Waals surface area (Å²) >= 11 is 1.52. The Kier molecular flexibility index (Phi) is 6.92. The molecule has 3 aliphatic carbocycles. The number of nitrogens with zero attached hydrogens (tertiary/aromatic N) is 4. The number of hydrogen-bond donors (Lipinski definition) is 4. The zero-order chi connectivity index (χ0) is 29.1. The van der Waals surface area contributed by atoms with Crippen molar-refractivity contribution >= 4 is 43.2 Å². The number of aliphatic hydroxyl groups is 2. The van der Waals surface area contributed by atoms with Crippen molar-refractivity contribution in [2.24, 2.45) is 5.92 Å². The van der Waals surface area contributed by atoms with E-state index in [2.05, 4.69) is 15.6 Å². The molecule has 0 radical (unpaired) electrons. The molecule has 3 aliphatic rings. The molecule has 0 amide bonds. The van der Waals surface area contributed by atoms with Crippen LogP contribution in [0.25, 0.3) is 20.8 Å². The summed E-state index contributed by atoms with van der Waals surface area (Å²) in [5, 5.41) is 30.3. The molecule has 0 spiro atoms. The van der Waals surface area contributed by atoms with Gasteiger partial charge in [-0.05, 0) is 70.1 Å². The topological polar surface area (TPSA) is 150 Å². The first-order valence-corrected chi connectivity index (χ1v) is 17.0. The van der Waals surface area contributed by atoms with E-state index in [1.807, 2.05) is 19.2 Å². The third-order valence-electron chi connectivity index (χ3n) is 8.74. The van der Waals surface area contributed by atoms with Crippen LogP contribution in [0.4, 0.5) is 11.8 Å². The molecule has 0 bridgehead atoms. The number of sulfone groups is 1. The van der Waals surface area contributed by atoms with Crippen LogP contribution in [-0.2, 0) is 9.84 Å². The highest BCUT2D eigenvalue weighted by molar-refractivity contribution is 7.91. The Morgan fingerprint density at radius 1 is 1.05 bits per heavy atom. The van der Waals surface area contributed by atoms with Crippen LogP contribution < -0.4 is 10.6 Å². The number of hydrogen-bond acceptors (Lipinski definition) is 11. The molecular formula is C30H34N6O4S2. The van der Waals surface area contributed by atoms with Gasteiger partial charge in [0.15, 0.2) is 15.6 Å². The van der Waals surface area contributed by atoms with Crippen LogP contribution in [0.15, 0.2) is 47.5 Å². The summed E-state index contributed by atoms with van der Waals surface area (Å²) in [5.41, 5.74) is 1.45. The summed E-state index contributed by atoms with van der Waals surface area (Å²) < 4.78 is 27.2. The van der Waals surface area contributed by atoms with E-state index in [1.54, 1.807) is 30.3 Å². The lowest BCUT2D eigenvalue weighted by Gasteiger charge is -2.32. The van der Waals surface area contributed by atoms with Gasteiger partial charge in [-0.15, -0.1) is 11.3 Å². The number of rotatable bonds is 9. The molecule has 10 nitrogen and oxygen atoms in total. The van der Waals surface area contributed by atoms with Crippen molar-refractivity contribution in [2.45, 2.75) is 80.6 Å². The van der Waals surface area contributed by atoms with Gasteiger partial charge in [0, 0.05) is 24.1 Å². The Morgan fingerprint density at radius 2 is 1.83 bits per heavy atom. The molecular weight excluding hydrogens is 573 g/mol. The maximum atomic E-state index is 13.1. The number of aryl methyl sites for hydroxylation is 1. The Bertz CT molecular complexity index is 1740. The standard InChI is InChI=1S/C30H34N6O4S2/c1-17-23(28-34-25-22(41-28)13-15-31-24(25)18-10-11-18)27(35-29(32-17)33-20-6-5-7-20)36-30(38)14-12-19(26(30)37)16-42(39,40)21-8-3-2-4-9-21/h2-4,8-9,13,15,18-20,26,37-38H,5-7,10-12,14,16H2,1H3,(H2,32,33,35,36). The summed E-state index contributed by atoms with van der Waals surface area (Å²) in [5.74, 6) is 0.329. The molecule has 42 heavy (non-hydrogen) atoms. The van der Waals surface area contributed by atoms with Crippen LogP contribution in [0.2, 0.25) is 0 Å². The SMILES string of the molecule is Cc1nc(NC2CCC2)nc(NC2(O)CCC(CS(=O)(=O)c3ccccc3)C2O)c1-c1nc2c(C3CC3)nccc2s1. The number of nitrogens with one attached hydrogen (secondary N) is 2. The van der Waals surface area contributed by atoms with E-state index in [-0.39, 0.29) is 17.1 Å². The van der Waals surface area contributed by atoms with Gasteiger partial charge in [0.1, 0.15) is 22.4 Å². The van der Waals surface area contributed by atoms with E-state index in [0.29, 0.717) is 46.4 Å². The molecule has 3 unspecified atom stereocenters. The molecule has 4 N–H and O–H groups in total. The highest BCUT2D eigenvalue weighted by atomic mass is 32.2. The largest absolute Gasteiger partial charge is 0.388 e.